The SMILES string of the molecule is COc1cc(/C=C2\SC(=S)N(CC(=O)Nc3nnc(CC(C)C)s3)C2=O)cc(OC)c1OC. The Bertz CT molecular complexity index is 1070. The maximum atomic E-state index is 12.9. The Balaban J connectivity index is 1.72. The first kappa shape index (κ1) is 24.9. The topological polar surface area (TPSA) is 103 Å². The minimum atomic E-state index is -0.396. The van der Waals surface area contributed by atoms with Crippen molar-refractivity contribution in [3.05, 3.63) is 27.6 Å². The van der Waals surface area contributed by atoms with Crippen molar-refractivity contribution in [3.63, 3.8) is 0 Å². The van der Waals surface area contributed by atoms with Crippen LogP contribution in [0.2, 0.25) is 0 Å². The smallest absolute Gasteiger partial charge is 0.266 e. The number of thiocarbonyl (C=S) groups is 1. The van der Waals surface area contributed by atoms with Crippen molar-refractivity contribution in [2.24, 2.45) is 5.92 Å². The Hall–Kier alpha value is -2.70. The number of thioether (sulfide) groups is 1. The Kier molecular flexibility index (Phi) is 8.27. The molecule has 9 nitrogen and oxygen atoms in total. The van der Waals surface area contributed by atoms with Gasteiger partial charge in [-0.2, -0.15) is 0 Å². The summed E-state index contributed by atoms with van der Waals surface area (Å²) in [5, 5.41) is 12.0. The zero-order chi connectivity index (χ0) is 24.1. The first-order valence-electron chi connectivity index (χ1n) is 9.93. The molecule has 1 aliphatic heterocycles. The van der Waals surface area contributed by atoms with E-state index in [1.165, 1.54) is 37.6 Å². The lowest BCUT2D eigenvalue weighted by Crippen LogP contribution is -2.36. The number of amides is 2. The van der Waals surface area contributed by atoms with Gasteiger partial charge in [-0.3, -0.25) is 19.8 Å². The third-order valence-corrected chi connectivity index (χ3v) is 6.69. The van der Waals surface area contributed by atoms with Crippen molar-refractivity contribution in [2.75, 3.05) is 33.2 Å². The molecule has 2 heterocycles. The molecule has 0 saturated carbocycles. The van der Waals surface area contributed by atoms with Gasteiger partial charge in [0, 0.05) is 6.42 Å². The van der Waals surface area contributed by atoms with Crippen LogP contribution < -0.4 is 19.5 Å². The first-order valence-corrected chi connectivity index (χ1v) is 12.0. The van der Waals surface area contributed by atoms with E-state index in [1.807, 2.05) is 0 Å². The number of aromatic nitrogens is 2. The number of nitrogens with zero attached hydrogens (tertiary/aromatic N) is 3. The molecule has 3 rings (SSSR count). The van der Waals surface area contributed by atoms with Gasteiger partial charge in [0.15, 0.2) is 11.5 Å². The summed E-state index contributed by atoms with van der Waals surface area (Å²) in [6, 6.07) is 3.45. The van der Waals surface area contributed by atoms with E-state index >= 15 is 0 Å². The third-order valence-electron chi connectivity index (χ3n) is 4.46. The summed E-state index contributed by atoms with van der Waals surface area (Å²) in [5.41, 5.74) is 0.668. The normalized spacial score (nSPS) is 14.8. The Morgan fingerprint density at radius 1 is 1.18 bits per heavy atom. The van der Waals surface area contributed by atoms with Gasteiger partial charge in [0.2, 0.25) is 16.8 Å². The van der Waals surface area contributed by atoms with E-state index in [4.69, 9.17) is 26.4 Å². The van der Waals surface area contributed by atoms with Crippen molar-refractivity contribution in [3.8, 4) is 17.2 Å². The molecule has 2 aromatic rings. The fourth-order valence-corrected chi connectivity index (χ4v) is 5.23. The number of ether oxygens (including phenoxy) is 3. The molecule has 2 amide bonds. The van der Waals surface area contributed by atoms with Gasteiger partial charge in [-0.25, -0.2) is 0 Å². The number of rotatable bonds is 9. The summed E-state index contributed by atoms with van der Waals surface area (Å²) in [7, 11) is 4.55. The zero-order valence-corrected chi connectivity index (χ0v) is 21.3. The minimum Gasteiger partial charge on any atom is -0.493 e. The van der Waals surface area contributed by atoms with Crippen molar-refractivity contribution in [2.45, 2.75) is 20.3 Å². The monoisotopic (exact) mass is 508 g/mol. The molecule has 0 unspecified atom stereocenters. The number of carbonyl (C=O) groups excluding carboxylic acids is 2. The van der Waals surface area contributed by atoms with Crippen LogP contribution in [0.4, 0.5) is 5.13 Å². The second kappa shape index (κ2) is 10.9. The second-order valence-corrected chi connectivity index (χ2v) is 10.1. The van der Waals surface area contributed by atoms with Gasteiger partial charge in [-0.1, -0.05) is 49.2 Å². The average molecular weight is 509 g/mol. The van der Waals surface area contributed by atoms with Crippen molar-refractivity contribution in [1.29, 1.82) is 0 Å². The predicted molar refractivity (Wildman–Crippen MR) is 133 cm³/mol. The Morgan fingerprint density at radius 3 is 2.42 bits per heavy atom. The van der Waals surface area contributed by atoms with Crippen LogP contribution in [0.15, 0.2) is 17.0 Å². The van der Waals surface area contributed by atoms with E-state index in [0.717, 1.165) is 23.2 Å². The van der Waals surface area contributed by atoms with Crippen LogP contribution in [0, 0.1) is 5.92 Å². The van der Waals surface area contributed by atoms with Crippen LogP contribution in [0.25, 0.3) is 6.08 Å². The van der Waals surface area contributed by atoms with Gasteiger partial charge in [-0.05, 0) is 29.7 Å². The van der Waals surface area contributed by atoms with E-state index in [1.54, 1.807) is 18.2 Å². The summed E-state index contributed by atoms with van der Waals surface area (Å²) < 4.78 is 16.3. The second-order valence-electron chi connectivity index (χ2n) is 7.37. The van der Waals surface area contributed by atoms with E-state index in [2.05, 4.69) is 29.4 Å². The molecule has 0 spiro atoms. The van der Waals surface area contributed by atoms with Gasteiger partial charge in [0.25, 0.3) is 5.91 Å². The van der Waals surface area contributed by atoms with Gasteiger partial charge < -0.3 is 14.2 Å². The molecule has 1 aromatic heterocycles. The molecular formula is C21H24N4O5S3. The molecule has 0 aliphatic carbocycles. The van der Waals surface area contributed by atoms with Crippen LogP contribution in [0.3, 0.4) is 0 Å². The van der Waals surface area contributed by atoms with E-state index in [9.17, 15) is 9.59 Å². The molecule has 33 heavy (non-hydrogen) atoms. The number of hydrogen-bond donors (Lipinski definition) is 1. The van der Waals surface area contributed by atoms with E-state index in [0.29, 0.717) is 43.1 Å². The quantitative estimate of drug-likeness (QED) is 0.402. The van der Waals surface area contributed by atoms with E-state index < -0.39 is 5.91 Å². The molecule has 0 atom stereocenters. The first-order chi connectivity index (χ1) is 15.7. The number of benzene rings is 1. The van der Waals surface area contributed by atoms with E-state index in [-0.39, 0.29) is 12.5 Å². The van der Waals surface area contributed by atoms with Crippen LogP contribution in [0.1, 0.15) is 24.4 Å². The standard InChI is InChI=1S/C21H24N4O5S3/c1-11(2)6-17-23-24-20(33-17)22-16(26)10-25-19(27)15(32-21(25)31)9-12-7-13(28-3)18(30-5)14(8-12)29-4/h7-9,11H,6,10H2,1-5H3,(H,22,24,26)/b15-9-. The summed E-state index contributed by atoms with van der Waals surface area (Å²) in [5.74, 6) is 1.07. The molecule has 0 radical (unpaired) electrons. The summed E-state index contributed by atoms with van der Waals surface area (Å²) in [4.78, 5) is 27.1. The van der Waals surface area contributed by atoms with Crippen LogP contribution in [-0.2, 0) is 16.0 Å². The molecule has 1 aromatic carbocycles. The summed E-state index contributed by atoms with van der Waals surface area (Å²) in [6.45, 7) is 3.96. The highest BCUT2D eigenvalue weighted by Crippen LogP contribution is 2.40. The fraction of sp³-hybridized carbons (Fsp3) is 0.381. The largest absolute Gasteiger partial charge is 0.493 e. The highest BCUT2D eigenvalue weighted by molar-refractivity contribution is 8.26. The predicted octanol–water partition coefficient (Wildman–Crippen LogP) is 3.60. The molecular weight excluding hydrogens is 484 g/mol. The molecule has 0 bridgehead atoms. The molecule has 1 saturated heterocycles. The van der Waals surface area contributed by atoms with Gasteiger partial charge in [-0.15, -0.1) is 10.2 Å². The highest BCUT2D eigenvalue weighted by atomic mass is 32.2. The van der Waals surface area contributed by atoms with Crippen LogP contribution in [-0.4, -0.2) is 59.1 Å². The lowest BCUT2D eigenvalue weighted by molar-refractivity contribution is -0.126. The molecule has 1 N–H and O–H groups in total. The minimum absolute atomic E-state index is 0.212. The molecule has 1 fully saturated rings. The van der Waals surface area contributed by atoms with Gasteiger partial charge in [0.1, 0.15) is 15.9 Å². The van der Waals surface area contributed by atoms with Gasteiger partial charge >= 0.3 is 0 Å². The van der Waals surface area contributed by atoms with Crippen molar-refractivity contribution >= 4 is 62.7 Å². The maximum Gasteiger partial charge on any atom is 0.266 e. The van der Waals surface area contributed by atoms with Crippen molar-refractivity contribution in [1.82, 2.24) is 15.1 Å². The zero-order valence-electron chi connectivity index (χ0n) is 18.8. The maximum absolute atomic E-state index is 12.9. The highest BCUT2D eigenvalue weighted by Gasteiger charge is 2.33. The lowest BCUT2D eigenvalue weighted by atomic mass is 10.1. The fourth-order valence-electron chi connectivity index (χ4n) is 3.01. The number of nitrogens with one attached hydrogen (secondary N) is 1. The average Bonchev–Trinajstić information content (AvgIpc) is 3.31. The number of hydrogen-bond acceptors (Lipinski definition) is 10. The van der Waals surface area contributed by atoms with Gasteiger partial charge in [0.05, 0.1) is 26.2 Å². The molecule has 176 valence electrons. The summed E-state index contributed by atoms with van der Waals surface area (Å²) >= 11 is 7.78. The van der Waals surface area contributed by atoms with Crippen LogP contribution >= 0.6 is 35.3 Å². The van der Waals surface area contributed by atoms with Crippen molar-refractivity contribution < 1.29 is 23.8 Å². The summed E-state index contributed by atoms with van der Waals surface area (Å²) in [6.07, 6.45) is 2.46. The number of methoxy groups -OCH3 is 3. The Labute approximate surface area is 205 Å². The lowest BCUT2D eigenvalue weighted by Gasteiger charge is -2.13. The number of carbonyl (C=O) groups is 2. The molecule has 1 aliphatic rings. The third kappa shape index (κ3) is 6.01. The number of anilines is 1. The Morgan fingerprint density at radius 2 is 1.85 bits per heavy atom. The van der Waals surface area contributed by atoms with Crippen LogP contribution in [0.5, 0.6) is 17.2 Å². The molecule has 12 heteroatoms.